The molecule has 0 radical (unpaired) electrons. The van der Waals surface area contributed by atoms with Crippen LogP contribution in [-0.2, 0) is 29.6 Å². The first-order valence-corrected chi connectivity index (χ1v) is 11.4. The number of esters is 3. The van der Waals surface area contributed by atoms with E-state index in [4.69, 9.17) is 31.2 Å². The van der Waals surface area contributed by atoms with E-state index < -0.39 is 30.1 Å². The zero-order valence-corrected chi connectivity index (χ0v) is 20.0. The van der Waals surface area contributed by atoms with Crippen molar-refractivity contribution in [3.05, 3.63) is 22.8 Å². The van der Waals surface area contributed by atoms with Gasteiger partial charge in [-0.25, -0.2) is 9.59 Å². The summed E-state index contributed by atoms with van der Waals surface area (Å²) in [7, 11) is 2.72. The number of cyclic esters (lactones) is 1. The maximum absolute atomic E-state index is 13.1. The number of thioether (sulfide) groups is 1. The fourth-order valence-corrected chi connectivity index (χ4v) is 4.51. The summed E-state index contributed by atoms with van der Waals surface area (Å²) >= 11 is 6.67. The van der Waals surface area contributed by atoms with Crippen molar-refractivity contribution in [3.63, 3.8) is 0 Å². The third-order valence-electron chi connectivity index (χ3n) is 4.84. The molecule has 2 rings (SSSR count). The van der Waals surface area contributed by atoms with E-state index in [-0.39, 0.29) is 30.1 Å². The Morgan fingerprint density at radius 3 is 2.72 bits per heavy atom. The van der Waals surface area contributed by atoms with Crippen molar-refractivity contribution in [2.75, 3.05) is 26.6 Å². The molecule has 0 unspecified atom stereocenters. The molecule has 0 bridgehead atoms. The second kappa shape index (κ2) is 11.9. The topological polar surface area (TPSA) is 120 Å². The zero-order chi connectivity index (χ0) is 23.8. The van der Waals surface area contributed by atoms with E-state index in [2.05, 4.69) is 5.32 Å². The molecular weight excluding hydrogens is 458 g/mol. The average molecular weight is 486 g/mol. The third kappa shape index (κ3) is 6.73. The van der Waals surface area contributed by atoms with Gasteiger partial charge >= 0.3 is 17.9 Å². The van der Waals surface area contributed by atoms with E-state index in [0.717, 1.165) is 0 Å². The first-order chi connectivity index (χ1) is 15.2. The summed E-state index contributed by atoms with van der Waals surface area (Å²) in [4.78, 5) is 37.0. The number of hydrogen-bond donors (Lipinski definition) is 2. The maximum Gasteiger partial charge on any atom is 0.339 e. The van der Waals surface area contributed by atoms with Gasteiger partial charge in [0, 0.05) is 42.0 Å². The SMILES string of the molecule is COC(=O)[C@@H]1CSCc2c(O)cc(OC)c(C)c2C(=O)O[C@H](COC(C)=O)CCC(=S)N1. The summed E-state index contributed by atoms with van der Waals surface area (Å²) in [6.45, 7) is 2.80. The second-order valence-corrected chi connectivity index (χ2v) is 8.63. The first kappa shape index (κ1) is 25.7. The maximum atomic E-state index is 13.1. The number of thiocarbonyl (C=S) groups is 1. The average Bonchev–Trinajstić information content (AvgIpc) is 2.76. The molecule has 1 heterocycles. The van der Waals surface area contributed by atoms with Gasteiger partial charge < -0.3 is 29.4 Å². The minimum atomic E-state index is -0.781. The Balaban J connectivity index is 2.46. The molecule has 0 saturated carbocycles. The molecule has 1 aliphatic heterocycles. The number of methoxy groups -OCH3 is 2. The molecule has 0 fully saturated rings. The van der Waals surface area contributed by atoms with Gasteiger partial charge in [-0.05, 0) is 13.3 Å². The number of phenolic OH excluding ortho intramolecular Hbond substituents is 1. The molecule has 11 heteroatoms. The number of carbonyl (C=O) groups is 3. The fourth-order valence-electron chi connectivity index (χ4n) is 3.18. The van der Waals surface area contributed by atoms with Crippen molar-refractivity contribution in [2.45, 2.75) is 44.6 Å². The molecule has 176 valence electrons. The Kier molecular flexibility index (Phi) is 9.58. The molecule has 1 aromatic carbocycles. The smallest absolute Gasteiger partial charge is 0.339 e. The van der Waals surface area contributed by atoms with E-state index in [0.29, 0.717) is 34.0 Å². The normalized spacial score (nSPS) is 19.8. The van der Waals surface area contributed by atoms with E-state index in [1.54, 1.807) is 6.92 Å². The van der Waals surface area contributed by atoms with Crippen molar-refractivity contribution < 1.29 is 38.4 Å². The number of carbonyl (C=O) groups excluding carboxylic acids is 3. The lowest BCUT2D eigenvalue weighted by atomic mass is 10.0. The van der Waals surface area contributed by atoms with Crippen LogP contribution in [0, 0.1) is 6.92 Å². The predicted octanol–water partition coefficient (Wildman–Crippen LogP) is 2.28. The van der Waals surface area contributed by atoms with Gasteiger partial charge in [-0.15, -0.1) is 0 Å². The van der Waals surface area contributed by atoms with Gasteiger partial charge in [0.25, 0.3) is 0 Å². The molecule has 0 saturated heterocycles. The summed E-state index contributed by atoms with van der Waals surface area (Å²) in [6, 6.07) is 0.730. The number of benzene rings is 1. The summed E-state index contributed by atoms with van der Waals surface area (Å²) in [6.07, 6.45) is -0.227. The van der Waals surface area contributed by atoms with Gasteiger partial charge in [-0.2, -0.15) is 11.8 Å². The lowest BCUT2D eigenvalue weighted by Crippen LogP contribution is -2.43. The van der Waals surface area contributed by atoms with E-state index in [1.165, 1.54) is 39.0 Å². The molecule has 9 nitrogen and oxygen atoms in total. The molecule has 0 aliphatic carbocycles. The summed E-state index contributed by atoms with van der Waals surface area (Å²) < 4.78 is 20.8. The third-order valence-corrected chi connectivity index (χ3v) is 6.22. The lowest BCUT2D eigenvalue weighted by molar-refractivity contribution is -0.144. The molecule has 1 aliphatic rings. The number of ether oxygens (including phenoxy) is 4. The number of fused-ring (bicyclic) bond motifs is 1. The van der Waals surface area contributed by atoms with Crippen LogP contribution in [0.2, 0.25) is 0 Å². The Hall–Kier alpha value is -2.53. The largest absolute Gasteiger partial charge is 0.507 e. The number of rotatable bonds is 4. The van der Waals surface area contributed by atoms with Crippen molar-refractivity contribution in [1.29, 1.82) is 0 Å². The standard InChI is InChI=1S/C21H27NO8S2/c1-11-17(27-3)7-16(24)14-9-32-10-15(20(25)28-4)22-18(31)6-5-13(8-29-12(2)23)30-21(26)19(11)14/h7,13,15,24H,5-6,8-10H2,1-4H3,(H,22,31)/t13-,15-/m0/s1. The van der Waals surface area contributed by atoms with Crippen LogP contribution >= 0.6 is 24.0 Å². The highest BCUT2D eigenvalue weighted by atomic mass is 32.2. The van der Waals surface area contributed by atoms with Crippen LogP contribution in [0.5, 0.6) is 11.5 Å². The van der Waals surface area contributed by atoms with Crippen LogP contribution in [0.1, 0.15) is 41.3 Å². The molecule has 2 atom stereocenters. The lowest BCUT2D eigenvalue weighted by Gasteiger charge is -2.21. The Bertz CT molecular complexity index is 889. The Morgan fingerprint density at radius 1 is 1.38 bits per heavy atom. The Morgan fingerprint density at radius 2 is 2.09 bits per heavy atom. The molecule has 2 N–H and O–H groups in total. The predicted molar refractivity (Wildman–Crippen MR) is 122 cm³/mol. The minimum absolute atomic E-state index is 0.128. The molecule has 32 heavy (non-hydrogen) atoms. The van der Waals surface area contributed by atoms with Gasteiger partial charge in [-0.1, -0.05) is 12.2 Å². The number of hydrogen-bond acceptors (Lipinski definition) is 10. The fraction of sp³-hybridized carbons (Fsp3) is 0.524. The van der Waals surface area contributed by atoms with Crippen molar-refractivity contribution in [3.8, 4) is 11.5 Å². The van der Waals surface area contributed by atoms with Crippen LogP contribution in [-0.4, -0.2) is 66.7 Å². The quantitative estimate of drug-likeness (QED) is 0.371. The highest BCUT2D eigenvalue weighted by Gasteiger charge is 2.28. The van der Waals surface area contributed by atoms with Crippen LogP contribution < -0.4 is 10.1 Å². The van der Waals surface area contributed by atoms with Crippen LogP contribution in [0.4, 0.5) is 0 Å². The van der Waals surface area contributed by atoms with Crippen molar-refractivity contribution in [1.82, 2.24) is 5.32 Å². The minimum Gasteiger partial charge on any atom is -0.507 e. The highest BCUT2D eigenvalue weighted by Crippen LogP contribution is 2.36. The molecule has 0 aromatic heterocycles. The number of phenols is 1. The zero-order valence-electron chi connectivity index (χ0n) is 18.4. The highest BCUT2D eigenvalue weighted by molar-refractivity contribution is 7.98. The van der Waals surface area contributed by atoms with E-state index in [9.17, 15) is 19.5 Å². The molecule has 1 aromatic rings. The van der Waals surface area contributed by atoms with Gasteiger partial charge in [-0.3, -0.25) is 4.79 Å². The molecule has 0 amide bonds. The summed E-state index contributed by atoms with van der Waals surface area (Å²) in [5.41, 5.74) is 1.03. The van der Waals surface area contributed by atoms with Crippen LogP contribution in [0.3, 0.4) is 0 Å². The number of nitrogens with one attached hydrogen (secondary N) is 1. The van der Waals surface area contributed by atoms with Gasteiger partial charge in [0.1, 0.15) is 30.3 Å². The van der Waals surface area contributed by atoms with E-state index >= 15 is 0 Å². The van der Waals surface area contributed by atoms with Gasteiger partial charge in [0.2, 0.25) is 0 Å². The molecule has 0 spiro atoms. The van der Waals surface area contributed by atoms with E-state index in [1.807, 2.05) is 0 Å². The molecular formula is C21H27NO8S2. The van der Waals surface area contributed by atoms with Gasteiger partial charge in [0.15, 0.2) is 0 Å². The van der Waals surface area contributed by atoms with Crippen molar-refractivity contribution >= 4 is 46.9 Å². The van der Waals surface area contributed by atoms with Crippen LogP contribution in [0.15, 0.2) is 6.07 Å². The second-order valence-electron chi connectivity index (χ2n) is 7.10. The summed E-state index contributed by atoms with van der Waals surface area (Å²) in [5, 5.41) is 13.6. The first-order valence-electron chi connectivity index (χ1n) is 9.86. The summed E-state index contributed by atoms with van der Waals surface area (Å²) in [5.74, 6) is -0.945. The van der Waals surface area contributed by atoms with Crippen molar-refractivity contribution in [2.24, 2.45) is 0 Å². The van der Waals surface area contributed by atoms with Gasteiger partial charge in [0.05, 0.1) is 24.8 Å². The number of aromatic hydroxyl groups is 1. The Labute approximate surface area is 196 Å². The van der Waals surface area contributed by atoms with Crippen LogP contribution in [0.25, 0.3) is 0 Å². The monoisotopic (exact) mass is 485 g/mol.